The number of benzene rings is 2. The summed E-state index contributed by atoms with van der Waals surface area (Å²) >= 11 is 0. The summed E-state index contributed by atoms with van der Waals surface area (Å²) in [7, 11) is 0. The van der Waals surface area contributed by atoms with E-state index in [0.717, 1.165) is 18.2 Å². The van der Waals surface area contributed by atoms with Crippen LogP contribution in [0.5, 0.6) is 0 Å². The lowest BCUT2D eigenvalue weighted by Gasteiger charge is -2.30. The number of hydrogen-bond donors (Lipinski definition) is 1. The smallest absolute Gasteiger partial charge is 0.416 e. The number of carbonyl (C=O) groups excluding carboxylic acids is 1. The Morgan fingerprint density at radius 2 is 1.83 bits per heavy atom. The van der Waals surface area contributed by atoms with Gasteiger partial charge in [-0.15, -0.1) is 0 Å². The number of rotatable bonds is 6. The monoisotopic (exact) mass is 487 g/mol. The Hall–Kier alpha value is -4.12. The molecule has 1 saturated heterocycles. The minimum atomic E-state index is -4.57. The van der Waals surface area contributed by atoms with Crippen molar-refractivity contribution < 1.29 is 32.0 Å². The average molecular weight is 487 g/mol. The second-order valence-corrected chi connectivity index (χ2v) is 7.63. The molecule has 0 bridgehead atoms. The van der Waals surface area contributed by atoms with Crippen LogP contribution in [0.3, 0.4) is 0 Å². The van der Waals surface area contributed by atoms with Gasteiger partial charge >= 0.3 is 6.18 Å². The summed E-state index contributed by atoms with van der Waals surface area (Å²) in [6, 6.07) is 12.3. The Morgan fingerprint density at radius 1 is 1.09 bits per heavy atom. The molecule has 0 atom stereocenters. The van der Waals surface area contributed by atoms with Gasteiger partial charge in [-0.2, -0.15) is 13.2 Å². The molecule has 4 rings (SSSR count). The van der Waals surface area contributed by atoms with E-state index in [0.29, 0.717) is 32.0 Å². The highest BCUT2D eigenvalue weighted by Crippen LogP contribution is 2.36. The number of halogens is 3. The van der Waals surface area contributed by atoms with Crippen molar-refractivity contribution in [1.29, 1.82) is 0 Å². The number of nitrogens with one attached hydrogen (secondary N) is 1. The molecule has 0 aliphatic carbocycles. The third-order valence-corrected chi connectivity index (χ3v) is 5.33. The number of nitro benzene ring substituents is 1. The molecule has 1 N–H and O–H groups in total. The van der Waals surface area contributed by atoms with Crippen molar-refractivity contribution in [2.24, 2.45) is 0 Å². The van der Waals surface area contributed by atoms with Crippen LogP contribution in [0.2, 0.25) is 0 Å². The van der Waals surface area contributed by atoms with Crippen LogP contribution in [0.25, 0.3) is 17.4 Å². The van der Waals surface area contributed by atoms with Crippen molar-refractivity contribution in [3.05, 3.63) is 82.1 Å². The molecule has 1 aliphatic heterocycles. The maximum absolute atomic E-state index is 13.3. The zero-order valence-corrected chi connectivity index (χ0v) is 18.2. The molecule has 8 nitrogen and oxygen atoms in total. The van der Waals surface area contributed by atoms with Crippen molar-refractivity contribution in [1.82, 2.24) is 0 Å². The molecule has 3 aromatic rings. The van der Waals surface area contributed by atoms with E-state index >= 15 is 0 Å². The molecule has 1 aliphatic rings. The SMILES string of the molecule is O=C(/C=C/c1ccc(-c2ccccc2[N+](=O)[O-])o1)Nc1cc(C(F)(F)F)ccc1N1CCOCC1. The molecule has 1 fully saturated rings. The third-order valence-electron chi connectivity index (χ3n) is 5.33. The van der Waals surface area contributed by atoms with Crippen molar-refractivity contribution in [3.63, 3.8) is 0 Å². The lowest BCUT2D eigenvalue weighted by Crippen LogP contribution is -2.36. The van der Waals surface area contributed by atoms with E-state index in [1.165, 1.54) is 42.5 Å². The van der Waals surface area contributed by atoms with Gasteiger partial charge in [0.1, 0.15) is 11.5 Å². The van der Waals surface area contributed by atoms with Gasteiger partial charge in [0.15, 0.2) is 0 Å². The lowest BCUT2D eigenvalue weighted by molar-refractivity contribution is -0.384. The van der Waals surface area contributed by atoms with Crippen LogP contribution in [0.4, 0.5) is 30.2 Å². The van der Waals surface area contributed by atoms with Gasteiger partial charge in [-0.3, -0.25) is 14.9 Å². The van der Waals surface area contributed by atoms with E-state index in [1.807, 2.05) is 4.90 Å². The summed E-state index contributed by atoms with van der Waals surface area (Å²) < 4.78 is 50.7. The van der Waals surface area contributed by atoms with Crippen molar-refractivity contribution >= 4 is 29.0 Å². The van der Waals surface area contributed by atoms with E-state index in [1.54, 1.807) is 6.07 Å². The number of hydrogen-bond acceptors (Lipinski definition) is 6. The standard InChI is InChI=1S/C24H20F3N3O5/c25-24(26,27)16-5-8-21(29-11-13-34-14-12-29)19(15-16)28-23(31)10-7-17-6-9-22(35-17)18-3-1-2-4-20(18)30(32)33/h1-10,15H,11-14H2,(H,28,31)/b10-7+. The molecule has 35 heavy (non-hydrogen) atoms. The normalized spacial score (nSPS) is 14.3. The Kier molecular flexibility index (Phi) is 6.87. The predicted octanol–water partition coefficient (Wildman–Crippen LogP) is 5.36. The maximum Gasteiger partial charge on any atom is 0.416 e. The Morgan fingerprint density at radius 3 is 2.54 bits per heavy atom. The Bertz CT molecular complexity index is 1260. The van der Waals surface area contributed by atoms with E-state index in [2.05, 4.69) is 5.32 Å². The number of para-hydroxylation sites is 1. The largest absolute Gasteiger partial charge is 0.456 e. The van der Waals surface area contributed by atoms with Crippen LogP contribution >= 0.6 is 0 Å². The van der Waals surface area contributed by atoms with E-state index in [-0.39, 0.29) is 28.5 Å². The van der Waals surface area contributed by atoms with E-state index < -0.39 is 22.6 Å². The molecule has 1 amide bonds. The number of anilines is 2. The predicted molar refractivity (Wildman–Crippen MR) is 123 cm³/mol. The highest BCUT2D eigenvalue weighted by Gasteiger charge is 2.32. The Balaban J connectivity index is 1.54. The minimum Gasteiger partial charge on any atom is -0.456 e. The second-order valence-electron chi connectivity index (χ2n) is 7.63. The fourth-order valence-electron chi connectivity index (χ4n) is 3.65. The fourth-order valence-corrected chi connectivity index (χ4v) is 3.65. The van der Waals surface area contributed by atoms with Crippen LogP contribution in [0.15, 0.2) is 65.1 Å². The molecule has 182 valence electrons. The van der Waals surface area contributed by atoms with Gasteiger partial charge in [0.05, 0.1) is 40.6 Å². The van der Waals surface area contributed by atoms with Gasteiger partial charge in [-0.1, -0.05) is 12.1 Å². The van der Waals surface area contributed by atoms with E-state index in [4.69, 9.17) is 9.15 Å². The topological polar surface area (TPSA) is 97.8 Å². The van der Waals surface area contributed by atoms with Gasteiger partial charge < -0.3 is 19.4 Å². The number of carbonyl (C=O) groups is 1. The molecule has 0 spiro atoms. The summed E-state index contributed by atoms with van der Waals surface area (Å²) in [5.41, 5.74) is -0.249. The third kappa shape index (κ3) is 5.69. The van der Waals surface area contributed by atoms with Crippen LogP contribution in [0.1, 0.15) is 11.3 Å². The summed E-state index contributed by atoms with van der Waals surface area (Å²) in [5.74, 6) is -0.182. The molecule has 0 saturated carbocycles. The first-order valence-electron chi connectivity index (χ1n) is 10.6. The van der Waals surface area contributed by atoms with Crippen LogP contribution in [-0.2, 0) is 15.7 Å². The number of ether oxygens (including phenoxy) is 1. The van der Waals surface area contributed by atoms with E-state index in [9.17, 15) is 28.1 Å². The highest BCUT2D eigenvalue weighted by molar-refractivity contribution is 6.03. The highest BCUT2D eigenvalue weighted by atomic mass is 19.4. The van der Waals surface area contributed by atoms with Crippen molar-refractivity contribution in [3.8, 4) is 11.3 Å². The molecule has 2 heterocycles. The number of furan rings is 1. The lowest BCUT2D eigenvalue weighted by atomic mass is 10.1. The molecular weight excluding hydrogens is 467 g/mol. The summed E-state index contributed by atoms with van der Waals surface area (Å²) in [6.45, 7) is 1.80. The van der Waals surface area contributed by atoms with Gasteiger partial charge in [-0.25, -0.2) is 0 Å². The molecule has 1 aromatic heterocycles. The summed E-state index contributed by atoms with van der Waals surface area (Å²) in [6.07, 6.45) is -2.12. The first-order chi connectivity index (χ1) is 16.7. The molecule has 11 heteroatoms. The number of morpholine rings is 1. The van der Waals surface area contributed by atoms with Crippen LogP contribution < -0.4 is 10.2 Å². The zero-order chi connectivity index (χ0) is 25.0. The molecular formula is C24H20F3N3O5. The maximum atomic E-state index is 13.3. The summed E-state index contributed by atoms with van der Waals surface area (Å²) in [4.78, 5) is 25.1. The molecule has 2 aromatic carbocycles. The quantitative estimate of drug-likeness (QED) is 0.286. The van der Waals surface area contributed by atoms with Crippen LogP contribution in [-0.4, -0.2) is 37.1 Å². The van der Waals surface area contributed by atoms with Gasteiger partial charge in [-0.05, 0) is 42.5 Å². The van der Waals surface area contributed by atoms with Crippen molar-refractivity contribution in [2.45, 2.75) is 6.18 Å². The number of nitrogens with zero attached hydrogens (tertiary/aromatic N) is 2. The van der Waals surface area contributed by atoms with Gasteiger partial charge in [0.2, 0.25) is 5.91 Å². The molecule has 0 radical (unpaired) electrons. The Labute approximate surface area is 197 Å². The zero-order valence-electron chi connectivity index (χ0n) is 18.2. The van der Waals surface area contributed by atoms with Gasteiger partial charge in [0.25, 0.3) is 5.69 Å². The second kappa shape index (κ2) is 10.0. The number of alkyl halides is 3. The van der Waals surface area contributed by atoms with Crippen molar-refractivity contribution in [2.75, 3.05) is 36.5 Å². The minimum absolute atomic E-state index is 0.0245. The average Bonchev–Trinajstić information content (AvgIpc) is 3.32. The molecule has 0 unspecified atom stereocenters. The summed E-state index contributed by atoms with van der Waals surface area (Å²) in [5, 5.41) is 13.7. The fraction of sp³-hybridized carbons (Fsp3) is 0.208. The first kappa shape index (κ1) is 24.0. The van der Waals surface area contributed by atoms with Gasteiger partial charge in [0, 0.05) is 25.2 Å². The number of amides is 1. The van der Waals surface area contributed by atoms with Crippen LogP contribution in [0, 0.1) is 10.1 Å². The first-order valence-corrected chi connectivity index (χ1v) is 10.6. The number of nitro groups is 1.